The van der Waals surface area contributed by atoms with E-state index in [1.165, 1.54) is 11.1 Å². The number of ether oxygens (including phenoxy) is 1. The normalized spacial score (nSPS) is 14.5. The molecule has 1 saturated carbocycles. The van der Waals surface area contributed by atoms with Crippen molar-refractivity contribution in [1.29, 1.82) is 0 Å². The minimum absolute atomic E-state index is 0.184. The van der Waals surface area contributed by atoms with Crippen molar-refractivity contribution in [2.45, 2.75) is 44.6 Å². The summed E-state index contributed by atoms with van der Waals surface area (Å²) in [5.41, 5.74) is 2.12. The van der Waals surface area contributed by atoms with Crippen LogP contribution in [0.2, 0.25) is 15.1 Å². The molecule has 1 aromatic heterocycles. The highest BCUT2D eigenvalue weighted by Crippen LogP contribution is 2.32. The molecule has 5 rings (SSSR count). The molecule has 4 aromatic rings. The van der Waals surface area contributed by atoms with Gasteiger partial charge in [0, 0.05) is 10.4 Å². The van der Waals surface area contributed by atoms with Crippen LogP contribution in [-0.2, 0) is 6.61 Å². The Kier molecular flexibility index (Phi) is 8.20. The number of rotatable bonds is 6. The Morgan fingerprint density at radius 1 is 0.973 bits per heavy atom. The van der Waals surface area contributed by atoms with Gasteiger partial charge in [0.05, 0.1) is 32.2 Å². The molecule has 190 valence electrons. The van der Waals surface area contributed by atoms with Crippen LogP contribution in [0.15, 0.2) is 69.0 Å². The molecule has 1 aliphatic carbocycles. The van der Waals surface area contributed by atoms with Crippen molar-refractivity contribution in [3.8, 4) is 5.75 Å². The van der Waals surface area contributed by atoms with Crippen LogP contribution < -0.4 is 10.3 Å². The zero-order chi connectivity index (χ0) is 25.9. The summed E-state index contributed by atoms with van der Waals surface area (Å²) in [4.78, 5) is 18.4. The lowest BCUT2D eigenvalue weighted by Gasteiger charge is -2.22. The number of hydrogen-bond acceptors (Lipinski definition) is 4. The van der Waals surface area contributed by atoms with E-state index in [0.29, 0.717) is 44.2 Å². The molecule has 0 N–H and O–H groups in total. The average molecular weight is 620 g/mol. The second-order valence-corrected chi connectivity index (χ2v) is 11.2. The molecule has 9 heteroatoms. The summed E-state index contributed by atoms with van der Waals surface area (Å²) in [5.74, 6) is 1.44. The number of halogens is 4. The Balaban J connectivity index is 1.42. The Labute approximate surface area is 238 Å². The number of aromatic nitrogens is 2. The summed E-state index contributed by atoms with van der Waals surface area (Å²) >= 11 is 22.0. The third-order valence-corrected chi connectivity index (χ3v) is 7.99. The maximum absolute atomic E-state index is 13.5. The zero-order valence-corrected chi connectivity index (χ0v) is 23.6. The predicted molar refractivity (Wildman–Crippen MR) is 155 cm³/mol. The largest absolute Gasteiger partial charge is 0.487 e. The molecule has 1 fully saturated rings. The zero-order valence-electron chi connectivity index (χ0n) is 19.8. The minimum Gasteiger partial charge on any atom is -0.487 e. The smallest absolute Gasteiger partial charge is 0.282 e. The third kappa shape index (κ3) is 6.04. The first-order valence-electron chi connectivity index (χ1n) is 12.0. The van der Waals surface area contributed by atoms with Crippen molar-refractivity contribution >= 4 is 67.9 Å². The number of fused-ring (bicyclic) bond motifs is 1. The molecular weight excluding hydrogens is 597 g/mol. The minimum atomic E-state index is -0.184. The van der Waals surface area contributed by atoms with Gasteiger partial charge >= 0.3 is 0 Å². The maximum Gasteiger partial charge on any atom is 0.282 e. The molecule has 1 aliphatic rings. The fraction of sp³-hybridized carbons (Fsp3) is 0.250. The van der Waals surface area contributed by atoms with Gasteiger partial charge < -0.3 is 4.74 Å². The quantitative estimate of drug-likeness (QED) is 0.203. The van der Waals surface area contributed by atoms with Crippen LogP contribution >= 0.6 is 50.7 Å². The van der Waals surface area contributed by atoms with Crippen LogP contribution in [0.25, 0.3) is 10.9 Å². The number of benzene rings is 3. The van der Waals surface area contributed by atoms with Gasteiger partial charge in [0.2, 0.25) is 0 Å². The van der Waals surface area contributed by atoms with Crippen LogP contribution in [0.4, 0.5) is 0 Å². The molecule has 0 atom stereocenters. The molecule has 5 nitrogen and oxygen atoms in total. The van der Waals surface area contributed by atoms with Gasteiger partial charge in [0.1, 0.15) is 18.2 Å². The van der Waals surface area contributed by atoms with Gasteiger partial charge in [0.15, 0.2) is 0 Å². The first kappa shape index (κ1) is 26.2. The second-order valence-electron chi connectivity index (χ2n) is 9.05. The second kappa shape index (κ2) is 11.6. The topological polar surface area (TPSA) is 56.5 Å². The van der Waals surface area contributed by atoms with Gasteiger partial charge in [-0.05, 0) is 72.5 Å². The van der Waals surface area contributed by atoms with Crippen LogP contribution in [0, 0.1) is 0 Å². The summed E-state index contributed by atoms with van der Waals surface area (Å²) in [6.07, 6.45) is 7.10. The van der Waals surface area contributed by atoms with E-state index in [4.69, 9.17) is 44.5 Å². The maximum atomic E-state index is 13.5. The fourth-order valence-electron chi connectivity index (χ4n) is 4.53. The Morgan fingerprint density at radius 3 is 2.54 bits per heavy atom. The van der Waals surface area contributed by atoms with Crippen molar-refractivity contribution in [2.75, 3.05) is 0 Å². The van der Waals surface area contributed by atoms with E-state index in [2.05, 4.69) is 21.0 Å². The molecule has 0 bridgehead atoms. The van der Waals surface area contributed by atoms with Gasteiger partial charge in [-0.25, -0.2) is 4.98 Å². The molecule has 0 unspecified atom stereocenters. The molecule has 0 radical (unpaired) electrons. The van der Waals surface area contributed by atoms with Gasteiger partial charge in [0.25, 0.3) is 5.56 Å². The summed E-state index contributed by atoms with van der Waals surface area (Å²) in [7, 11) is 0. The number of hydrogen-bond donors (Lipinski definition) is 0. The van der Waals surface area contributed by atoms with Gasteiger partial charge in [-0.3, -0.25) is 4.79 Å². The molecule has 0 amide bonds. The molecule has 1 heterocycles. The third-order valence-electron chi connectivity index (χ3n) is 6.46. The molecule has 37 heavy (non-hydrogen) atoms. The lowest BCUT2D eigenvalue weighted by molar-refractivity contribution is 0.306. The molecular formula is C28H23BrCl3N3O2. The Bertz CT molecular complexity index is 1550. The van der Waals surface area contributed by atoms with Crippen molar-refractivity contribution in [1.82, 2.24) is 9.66 Å². The van der Waals surface area contributed by atoms with Crippen LogP contribution in [0.3, 0.4) is 0 Å². The lowest BCUT2D eigenvalue weighted by atomic mass is 9.88. The summed E-state index contributed by atoms with van der Waals surface area (Å²) in [6.45, 7) is 0.294. The van der Waals surface area contributed by atoms with Crippen molar-refractivity contribution in [2.24, 2.45) is 5.10 Å². The van der Waals surface area contributed by atoms with Crippen molar-refractivity contribution in [3.63, 3.8) is 0 Å². The highest BCUT2D eigenvalue weighted by Gasteiger charge is 2.22. The van der Waals surface area contributed by atoms with E-state index >= 15 is 0 Å². The van der Waals surface area contributed by atoms with Crippen LogP contribution in [0.5, 0.6) is 5.75 Å². The van der Waals surface area contributed by atoms with E-state index < -0.39 is 0 Å². The standard InChI is InChI=1S/C28H23BrCl3N3O2/c29-20-8-10-25-21(14-20)28(36)35(27(34-25)19-4-2-1-3-5-19)33-15-17-7-11-26(24(32)12-17)37-16-18-6-9-22(30)23(31)13-18/h6-15,19H,1-5,16H2. The first-order valence-corrected chi connectivity index (χ1v) is 13.9. The van der Waals surface area contributed by atoms with Gasteiger partial charge in [-0.2, -0.15) is 9.78 Å². The summed E-state index contributed by atoms with van der Waals surface area (Å²) < 4.78 is 8.14. The lowest BCUT2D eigenvalue weighted by Crippen LogP contribution is -2.25. The summed E-state index contributed by atoms with van der Waals surface area (Å²) in [5, 5.41) is 6.51. The van der Waals surface area contributed by atoms with E-state index in [1.807, 2.05) is 24.3 Å². The van der Waals surface area contributed by atoms with Gasteiger partial charge in [-0.1, -0.05) is 76.1 Å². The molecule has 0 spiro atoms. The molecule has 3 aromatic carbocycles. The predicted octanol–water partition coefficient (Wildman–Crippen LogP) is 8.63. The Hall–Kier alpha value is -2.38. The van der Waals surface area contributed by atoms with Crippen molar-refractivity contribution in [3.05, 3.63) is 101 Å². The average Bonchev–Trinajstić information content (AvgIpc) is 2.90. The molecule has 0 saturated heterocycles. The monoisotopic (exact) mass is 617 g/mol. The highest BCUT2D eigenvalue weighted by atomic mass is 79.9. The fourth-order valence-corrected chi connectivity index (χ4v) is 5.46. The highest BCUT2D eigenvalue weighted by molar-refractivity contribution is 9.10. The van der Waals surface area contributed by atoms with Gasteiger partial charge in [-0.15, -0.1) is 0 Å². The van der Waals surface area contributed by atoms with E-state index in [1.54, 1.807) is 36.5 Å². The van der Waals surface area contributed by atoms with E-state index in [9.17, 15) is 4.79 Å². The summed E-state index contributed by atoms with van der Waals surface area (Å²) in [6, 6.07) is 16.3. The van der Waals surface area contributed by atoms with Crippen LogP contribution in [0.1, 0.15) is 55.0 Å². The number of nitrogens with zero attached hydrogens (tertiary/aromatic N) is 3. The van der Waals surface area contributed by atoms with Crippen molar-refractivity contribution < 1.29 is 4.74 Å². The first-order chi connectivity index (χ1) is 17.9. The Morgan fingerprint density at radius 2 is 1.78 bits per heavy atom. The SMILES string of the molecule is O=c1c2cc(Br)ccc2nc(C2CCCCC2)n1N=Cc1ccc(OCc2ccc(Cl)c(Cl)c2)c(Cl)c1. The van der Waals surface area contributed by atoms with Crippen LogP contribution in [-0.4, -0.2) is 15.9 Å². The van der Waals surface area contributed by atoms with E-state index in [-0.39, 0.29) is 11.5 Å². The van der Waals surface area contributed by atoms with E-state index in [0.717, 1.165) is 41.3 Å². The molecule has 0 aliphatic heterocycles.